The van der Waals surface area contributed by atoms with Gasteiger partial charge in [-0.3, -0.25) is 4.79 Å². The Labute approximate surface area is 156 Å². The van der Waals surface area contributed by atoms with E-state index in [4.69, 9.17) is 0 Å². The molecule has 0 aliphatic carbocycles. The number of rotatable bonds is 2. The molecule has 6 heteroatoms. The monoisotopic (exact) mass is 360 g/mol. The molecule has 0 spiro atoms. The summed E-state index contributed by atoms with van der Waals surface area (Å²) in [6.07, 6.45) is 5.25. The molecular formula is C21H20N4O2. The molecule has 1 saturated heterocycles. The third kappa shape index (κ3) is 2.69. The van der Waals surface area contributed by atoms with Gasteiger partial charge in [-0.2, -0.15) is 5.10 Å². The Hall–Kier alpha value is -3.12. The highest BCUT2D eigenvalue weighted by molar-refractivity contribution is 5.99. The first kappa shape index (κ1) is 16.1. The normalized spacial score (nSPS) is 20.4. The molecule has 0 saturated carbocycles. The van der Waals surface area contributed by atoms with Crippen LogP contribution in [-0.4, -0.2) is 49.7 Å². The van der Waals surface area contributed by atoms with Crippen LogP contribution in [0.1, 0.15) is 28.3 Å². The van der Waals surface area contributed by atoms with E-state index in [0.29, 0.717) is 24.3 Å². The van der Waals surface area contributed by atoms with Crippen LogP contribution < -0.4 is 0 Å². The molecule has 1 amide bonds. The molecule has 2 N–H and O–H groups in total. The number of piperidine rings is 1. The lowest BCUT2D eigenvalue weighted by Crippen LogP contribution is -2.45. The summed E-state index contributed by atoms with van der Waals surface area (Å²) in [7, 11) is 0. The summed E-state index contributed by atoms with van der Waals surface area (Å²) < 4.78 is 1.64. The molecule has 2 unspecified atom stereocenters. The van der Waals surface area contributed by atoms with Crippen molar-refractivity contribution in [3.8, 4) is 0 Å². The van der Waals surface area contributed by atoms with Gasteiger partial charge in [0.15, 0.2) is 0 Å². The van der Waals surface area contributed by atoms with E-state index in [-0.39, 0.29) is 11.8 Å². The Balaban J connectivity index is 1.36. The van der Waals surface area contributed by atoms with Crippen LogP contribution in [0, 0.1) is 0 Å². The molecule has 3 heterocycles. The summed E-state index contributed by atoms with van der Waals surface area (Å²) >= 11 is 0. The lowest BCUT2D eigenvalue weighted by atomic mass is 9.86. The van der Waals surface area contributed by atoms with Gasteiger partial charge < -0.3 is 15.0 Å². The van der Waals surface area contributed by atoms with E-state index in [9.17, 15) is 9.90 Å². The lowest BCUT2D eigenvalue weighted by molar-refractivity contribution is 0.0383. The van der Waals surface area contributed by atoms with E-state index in [1.807, 2.05) is 12.1 Å². The Bertz CT molecular complexity index is 1130. The number of β-amino-alcohol motifs (C(OH)–C–C–N with tert-alkyl or cyclic N) is 1. The number of H-pyrrole nitrogens is 1. The maximum Gasteiger partial charge on any atom is 0.259 e. The number of hydrogen-bond acceptors (Lipinski definition) is 3. The van der Waals surface area contributed by atoms with Gasteiger partial charge in [0.2, 0.25) is 0 Å². The van der Waals surface area contributed by atoms with Crippen LogP contribution in [0.15, 0.2) is 61.1 Å². The molecule has 1 aliphatic heterocycles. The van der Waals surface area contributed by atoms with E-state index in [0.717, 1.165) is 12.0 Å². The average Bonchev–Trinajstić information content (AvgIpc) is 3.31. The first-order valence-corrected chi connectivity index (χ1v) is 9.17. The summed E-state index contributed by atoms with van der Waals surface area (Å²) in [5.41, 5.74) is 2.35. The van der Waals surface area contributed by atoms with Gasteiger partial charge in [-0.15, -0.1) is 0 Å². The molecule has 0 radical (unpaired) electrons. The summed E-state index contributed by atoms with van der Waals surface area (Å²) in [4.78, 5) is 17.6. The lowest BCUT2D eigenvalue weighted by Gasteiger charge is -2.36. The molecule has 6 nitrogen and oxygen atoms in total. The number of aliphatic hydroxyl groups excluding tert-OH is 1. The molecule has 2 aromatic carbocycles. The zero-order chi connectivity index (χ0) is 18.4. The minimum absolute atomic E-state index is 0.0383. The van der Waals surface area contributed by atoms with E-state index >= 15 is 0 Å². The number of aromatic nitrogens is 3. The minimum Gasteiger partial charge on any atom is -0.391 e. The fraction of sp³-hybridized carbons (Fsp3) is 0.238. The fourth-order valence-corrected chi connectivity index (χ4v) is 4.08. The third-order valence-corrected chi connectivity index (χ3v) is 5.53. The van der Waals surface area contributed by atoms with Crippen LogP contribution in [0.4, 0.5) is 0 Å². The van der Waals surface area contributed by atoms with E-state index in [1.54, 1.807) is 28.0 Å². The molecule has 5 rings (SSSR count). The predicted molar refractivity (Wildman–Crippen MR) is 103 cm³/mol. The van der Waals surface area contributed by atoms with Crippen molar-refractivity contribution in [2.24, 2.45) is 0 Å². The molecule has 2 aromatic heterocycles. The number of aliphatic hydroxyl groups is 1. The van der Waals surface area contributed by atoms with Crippen molar-refractivity contribution in [1.82, 2.24) is 19.5 Å². The van der Waals surface area contributed by atoms with Gasteiger partial charge in [-0.25, -0.2) is 4.52 Å². The molecule has 1 aliphatic rings. The number of imidazole rings is 1. The van der Waals surface area contributed by atoms with Gasteiger partial charge in [0.25, 0.3) is 5.91 Å². The van der Waals surface area contributed by atoms with Crippen LogP contribution in [-0.2, 0) is 0 Å². The second-order valence-electron chi connectivity index (χ2n) is 7.13. The molecule has 136 valence electrons. The summed E-state index contributed by atoms with van der Waals surface area (Å²) in [5, 5.41) is 17.3. The summed E-state index contributed by atoms with van der Waals surface area (Å²) in [5.74, 6) is -0.0558. The Morgan fingerprint density at radius 2 is 2.04 bits per heavy atom. The minimum atomic E-state index is -0.585. The van der Waals surface area contributed by atoms with Gasteiger partial charge in [-0.05, 0) is 22.8 Å². The number of hydrogen-bond donors (Lipinski definition) is 2. The number of carbonyl (C=O) groups is 1. The van der Waals surface area contributed by atoms with E-state index in [2.05, 4.69) is 40.4 Å². The van der Waals surface area contributed by atoms with Crippen molar-refractivity contribution >= 4 is 22.3 Å². The molecule has 27 heavy (non-hydrogen) atoms. The Morgan fingerprint density at radius 3 is 2.89 bits per heavy atom. The van der Waals surface area contributed by atoms with Crippen molar-refractivity contribution in [3.63, 3.8) is 0 Å². The van der Waals surface area contributed by atoms with Gasteiger partial charge >= 0.3 is 0 Å². The van der Waals surface area contributed by atoms with Crippen molar-refractivity contribution in [2.45, 2.75) is 18.4 Å². The smallest absolute Gasteiger partial charge is 0.259 e. The highest BCUT2D eigenvalue weighted by Crippen LogP contribution is 2.31. The van der Waals surface area contributed by atoms with Crippen LogP contribution in [0.2, 0.25) is 0 Å². The van der Waals surface area contributed by atoms with Crippen molar-refractivity contribution in [2.75, 3.05) is 13.1 Å². The van der Waals surface area contributed by atoms with Crippen molar-refractivity contribution < 1.29 is 9.90 Å². The molecule has 2 atom stereocenters. The Morgan fingerprint density at radius 1 is 1.19 bits per heavy atom. The first-order valence-electron chi connectivity index (χ1n) is 9.17. The third-order valence-electron chi connectivity index (χ3n) is 5.53. The zero-order valence-corrected chi connectivity index (χ0v) is 14.7. The molecule has 1 fully saturated rings. The maximum absolute atomic E-state index is 12.9. The summed E-state index contributed by atoms with van der Waals surface area (Å²) in [6, 6.07) is 14.6. The first-order chi connectivity index (χ1) is 13.2. The van der Waals surface area contributed by atoms with Crippen LogP contribution in [0.5, 0.6) is 0 Å². The van der Waals surface area contributed by atoms with E-state index < -0.39 is 6.10 Å². The molecular weight excluding hydrogens is 340 g/mol. The molecule has 0 bridgehead atoms. The van der Waals surface area contributed by atoms with Gasteiger partial charge in [0, 0.05) is 31.4 Å². The number of amides is 1. The topological polar surface area (TPSA) is 73.6 Å². The quantitative estimate of drug-likeness (QED) is 0.577. The SMILES string of the molecule is O=C(c1cnn2cc[nH]c12)N1CCC(c2ccc3ccccc3c2)C(O)C1. The Kier molecular flexibility index (Phi) is 3.72. The van der Waals surface area contributed by atoms with Crippen LogP contribution in [0.25, 0.3) is 16.4 Å². The van der Waals surface area contributed by atoms with Crippen LogP contribution in [0.3, 0.4) is 0 Å². The van der Waals surface area contributed by atoms with Crippen molar-refractivity contribution in [1.29, 1.82) is 0 Å². The second-order valence-corrected chi connectivity index (χ2v) is 7.13. The number of likely N-dealkylation sites (tertiary alicyclic amines) is 1. The highest BCUT2D eigenvalue weighted by Gasteiger charge is 2.32. The number of nitrogens with one attached hydrogen (secondary N) is 1. The fourth-order valence-electron chi connectivity index (χ4n) is 4.08. The van der Waals surface area contributed by atoms with Gasteiger partial charge in [0.1, 0.15) is 11.2 Å². The number of aromatic amines is 1. The maximum atomic E-state index is 12.9. The van der Waals surface area contributed by atoms with Gasteiger partial charge in [0.05, 0.1) is 12.3 Å². The predicted octanol–water partition coefficient (Wildman–Crippen LogP) is 2.81. The standard InChI is InChI=1S/C21H20N4O2/c26-19-13-24(21(27)18-12-23-25-10-8-22-20(18)25)9-7-17(19)16-6-5-14-3-1-2-4-15(14)11-16/h1-6,8,10-12,17,19,22,26H,7,9,13H2. The van der Waals surface area contributed by atoms with Crippen molar-refractivity contribution in [3.05, 3.63) is 72.2 Å². The second kappa shape index (κ2) is 6.25. The summed E-state index contributed by atoms with van der Waals surface area (Å²) in [6.45, 7) is 0.944. The van der Waals surface area contributed by atoms with Crippen LogP contribution >= 0.6 is 0 Å². The molecule has 4 aromatic rings. The number of benzene rings is 2. The van der Waals surface area contributed by atoms with Gasteiger partial charge in [-0.1, -0.05) is 42.5 Å². The zero-order valence-electron chi connectivity index (χ0n) is 14.7. The average molecular weight is 360 g/mol. The largest absolute Gasteiger partial charge is 0.391 e. The number of nitrogens with zero attached hydrogens (tertiary/aromatic N) is 3. The highest BCUT2D eigenvalue weighted by atomic mass is 16.3. The van der Waals surface area contributed by atoms with E-state index in [1.165, 1.54) is 10.8 Å². The number of carbonyl (C=O) groups excluding carboxylic acids is 1. The number of fused-ring (bicyclic) bond motifs is 2.